The summed E-state index contributed by atoms with van der Waals surface area (Å²) in [5, 5.41) is 10.0. The van der Waals surface area contributed by atoms with E-state index in [1.165, 1.54) is 16.8 Å². The summed E-state index contributed by atoms with van der Waals surface area (Å²) in [5.74, 6) is 0.450. The maximum Gasteiger partial charge on any atom is 0.119 e. The fraction of sp³-hybridized carbons (Fsp3) is 0.333. The van der Waals surface area contributed by atoms with Crippen molar-refractivity contribution >= 4 is 5.69 Å². The molecular weight excluding hydrogens is 246 g/mol. The summed E-state index contributed by atoms with van der Waals surface area (Å²) < 4.78 is 0. The zero-order chi connectivity index (χ0) is 14.1. The van der Waals surface area contributed by atoms with E-state index < -0.39 is 0 Å². The maximum absolute atomic E-state index is 10.0. The fourth-order valence-corrected chi connectivity index (χ4v) is 3.38. The van der Waals surface area contributed by atoms with E-state index in [0.717, 1.165) is 24.9 Å². The van der Waals surface area contributed by atoms with Crippen LogP contribution in [0.25, 0.3) is 0 Å². The summed E-state index contributed by atoms with van der Waals surface area (Å²) in [6, 6.07) is 14.8. The molecule has 0 saturated heterocycles. The van der Waals surface area contributed by atoms with E-state index in [0.29, 0.717) is 11.8 Å². The molecule has 2 aromatic rings. The van der Waals surface area contributed by atoms with E-state index in [1.807, 2.05) is 6.07 Å². The Bertz CT molecular complexity index is 621. The number of para-hydroxylation sites is 1. The smallest absolute Gasteiger partial charge is 0.119 e. The first kappa shape index (κ1) is 13.0. The number of hydrogen-bond donors (Lipinski definition) is 1. The first-order chi connectivity index (χ1) is 9.72. The molecule has 20 heavy (non-hydrogen) atoms. The minimum atomic E-state index is 0.378. The van der Waals surface area contributed by atoms with Gasteiger partial charge in [0.05, 0.1) is 6.04 Å². The summed E-state index contributed by atoms with van der Waals surface area (Å²) in [4.78, 5) is 2.46. The van der Waals surface area contributed by atoms with Crippen molar-refractivity contribution in [2.45, 2.75) is 32.7 Å². The van der Waals surface area contributed by atoms with Crippen LogP contribution in [-0.2, 0) is 6.42 Å². The highest BCUT2D eigenvalue weighted by Gasteiger charge is 2.29. The van der Waals surface area contributed by atoms with Gasteiger partial charge >= 0.3 is 0 Å². The maximum atomic E-state index is 10.0. The molecular formula is C18H21NO. The Hall–Kier alpha value is -1.96. The number of anilines is 1. The summed E-state index contributed by atoms with van der Waals surface area (Å²) in [6.45, 7) is 5.34. The SMILES string of the molecule is CCN(c1ccccc1C)C1CCc2c(O)cccc21. The predicted molar refractivity (Wildman–Crippen MR) is 83.4 cm³/mol. The normalized spacial score (nSPS) is 17.0. The van der Waals surface area contributed by atoms with Gasteiger partial charge in [0.25, 0.3) is 0 Å². The Morgan fingerprint density at radius 2 is 1.95 bits per heavy atom. The summed E-state index contributed by atoms with van der Waals surface area (Å²) in [5.41, 5.74) is 5.03. The third kappa shape index (κ3) is 2.05. The first-order valence-corrected chi connectivity index (χ1v) is 7.35. The van der Waals surface area contributed by atoms with Gasteiger partial charge in [0.1, 0.15) is 5.75 Å². The number of rotatable bonds is 3. The molecule has 2 heteroatoms. The predicted octanol–water partition coefficient (Wildman–Crippen LogP) is 4.21. The largest absolute Gasteiger partial charge is 0.508 e. The van der Waals surface area contributed by atoms with Crippen LogP contribution in [0.1, 0.15) is 36.1 Å². The first-order valence-electron chi connectivity index (χ1n) is 7.35. The second kappa shape index (κ2) is 5.20. The van der Waals surface area contributed by atoms with Gasteiger partial charge in [-0.15, -0.1) is 0 Å². The summed E-state index contributed by atoms with van der Waals surface area (Å²) in [7, 11) is 0. The van der Waals surface area contributed by atoms with Crippen molar-refractivity contribution in [2.75, 3.05) is 11.4 Å². The number of aryl methyl sites for hydroxylation is 1. The van der Waals surface area contributed by atoms with Crippen LogP contribution in [-0.4, -0.2) is 11.7 Å². The molecule has 0 heterocycles. The van der Waals surface area contributed by atoms with Crippen LogP contribution >= 0.6 is 0 Å². The lowest BCUT2D eigenvalue weighted by Gasteiger charge is -2.32. The van der Waals surface area contributed by atoms with Crippen molar-refractivity contribution in [1.29, 1.82) is 0 Å². The quantitative estimate of drug-likeness (QED) is 0.900. The molecule has 1 aliphatic carbocycles. The number of nitrogens with zero attached hydrogens (tertiary/aromatic N) is 1. The molecule has 0 radical (unpaired) electrons. The molecule has 2 aromatic carbocycles. The van der Waals surface area contributed by atoms with Gasteiger partial charge in [0.15, 0.2) is 0 Å². The van der Waals surface area contributed by atoms with E-state index in [9.17, 15) is 5.11 Å². The lowest BCUT2D eigenvalue weighted by atomic mass is 10.0. The second-order valence-electron chi connectivity index (χ2n) is 5.47. The Morgan fingerprint density at radius 1 is 1.15 bits per heavy atom. The van der Waals surface area contributed by atoms with Gasteiger partial charge < -0.3 is 10.0 Å². The van der Waals surface area contributed by atoms with Crippen LogP contribution < -0.4 is 4.90 Å². The van der Waals surface area contributed by atoms with E-state index in [-0.39, 0.29) is 0 Å². The van der Waals surface area contributed by atoms with Gasteiger partial charge in [-0.1, -0.05) is 30.3 Å². The van der Waals surface area contributed by atoms with Gasteiger partial charge in [-0.05, 0) is 55.5 Å². The Labute approximate surface area is 120 Å². The lowest BCUT2D eigenvalue weighted by Crippen LogP contribution is -2.27. The van der Waals surface area contributed by atoms with Crippen LogP contribution in [0.15, 0.2) is 42.5 Å². The molecule has 0 amide bonds. The van der Waals surface area contributed by atoms with Crippen LogP contribution in [0, 0.1) is 6.92 Å². The minimum absolute atomic E-state index is 0.378. The zero-order valence-electron chi connectivity index (χ0n) is 12.1. The minimum Gasteiger partial charge on any atom is -0.508 e. The molecule has 1 atom stereocenters. The van der Waals surface area contributed by atoms with E-state index in [2.05, 4.69) is 49.1 Å². The van der Waals surface area contributed by atoms with Gasteiger partial charge in [0, 0.05) is 12.2 Å². The Morgan fingerprint density at radius 3 is 2.70 bits per heavy atom. The molecule has 0 aliphatic heterocycles. The van der Waals surface area contributed by atoms with Crippen LogP contribution in [0.4, 0.5) is 5.69 Å². The van der Waals surface area contributed by atoms with Crippen LogP contribution in [0.5, 0.6) is 5.75 Å². The molecule has 0 bridgehead atoms. The average Bonchev–Trinajstić information content (AvgIpc) is 2.87. The Kier molecular flexibility index (Phi) is 3.39. The van der Waals surface area contributed by atoms with Gasteiger partial charge in [-0.3, -0.25) is 0 Å². The van der Waals surface area contributed by atoms with Crippen molar-refractivity contribution in [3.8, 4) is 5.75 Å². The van der Waals surface area contributed by atoms with Gasteiger partial charge in [-0.2, -0.15) is 0 Å². The summed E-state index contributed by atoms with van der Waals surface area (Å²) >= 11 is 0. The third-order valence-corrected chi connectivity index (χ3v) is 4.36. The number of fused-ring (bicyclic) bond motifs is 1. The number of aromatic hydroxyl groups is 1. The molecule has 1 aliphatic rings. The standard InChI is InChI=1S/C18H21NO/c1-3-19(16-9-5-4-7-13(16)2)17-12-11-15-14(17)8-6-10-18(15)20/h4-10,17,20H,3,11-12H2,1-2H3. The highest BCUT2D eigenvalue weighted by Crippen LogP contribution is 2.41. The molecule has 0 fully saturated rings. The summed E-state index contributed by atoms with van der Waals surface area (Å²) in [6.07, 6.45) is 2.05. The fourth-order valence-electron chi connectivity index (χ4n) is 3.38. The molecule has 104 valence electrons. The third-order valence-electron chi connectivity index (χ3n) is 4.36. The number of benzene rings is 2. The van der Waals surface area contributed by atoms with E-state index >= 15 is 0 Å². The number of hydrogen-bond acceptors (Lipinski definition) is 2. The average molecular weight is 267 g/mol. The van der Waals surface area contributed by atoms with Crippen molar-refractivity contribution in [3.05, 3.63) is 59.2 Å². The zero-order valence-corrected chi connectivity index (χ0v) is 12.1. The topological polar surface area (TPSA) is 23.5 Å². The van der Waals surface area contributed by atoms with Crippen LogP contribution in [0.2, 0.25) is 0 Å². The van der Waals surface area contributed by atoms with Crippen LogP contribution in [0.3, 0.4) is 0 Å². The van der Waals surface area contributed by atoms with E-state index in [1.54, 1.807) is 6.07 Å². The van der Waals surface area contributed by atoms with Crippen molar-refractivity contribution in [3.63, 3.8) is 0 Å². The molecule has 0 aromatic heterocycles. The van der Waals surface area contributed by atoms with Crippen molar-refractivity contribution in [1.82, 2.24) is 0 Å². The molecule has 0 spiro atoms. The molecule has 1 unspecified atom stereocenters. The van der Waals surface area contributed by atoms with Gasteiger partial charge in [-0.25, -0.2) is 0 Å². The highest BCUT2D eigenvalue weighted by atomic mass is 16.3. The van der Waals surface area contributed by atoms with Crippen molar-refractivity contribution in [2.24, 2.45) is 0 Å². The second-order valence-corrected chi connectivity index (χ2v) is 5.47. The van der Waals surface area contributed by atoms with Gasteiger partial charge in [0.2, 0.25) is 0 Å². The molecule has 1 N–H and O–H groups in total. The monoisotopic (exact) mass is 267 g/mol. The lowest BCUT2D eigenvalue weighted by molar-refractivity contribution is 0.469. The number of phenols is 1. The molecule has 0 saturated carbocycles. The number of phenolic OH excluding ortho intramolecular Hbond substituents is 1. The molecule has 3 rings (SSSR count). The van der Waals surface area contributed by atoms with E-state index in [4.69, 9.17) is 0 Å². The highest BCUT2D eigenvalue weighted by molar-refractivity contribution is 5.57. The Balaban J connectivity index is 2.02. The molecule has 2 nitrogen and oxygen atoms in total. The van der Waals surface area contributed by atoms with Crippen molar-refractivity contribution < 1.29 is 5.11 Å².